The topological polar surface area (TPSA) is 81.2 Å². The highest BCUT2D eigenvalue weighted by atomic mass is 19.4. The van der Waals surface area contributed by atoms with Crippen molar-refractivity contribution in [1.29, 1.82) is 15.8 Å². The molecule has 0 aliphatic rings. The summed E-state index contributed by atoms with van der Waals surface area (Å²) in [5.41, 5.74) is 3.55. The number of benzene rings is 6. The quantitative estimate of drug-likeness (QED) is 0.195. The van der Waals surface area contributed by atoms with Gasteiger partial charge in [0.05, 0.1) is 62.3 Å². The van der Waals surface area contributed by atoms with E-state index in [1.54, 1.807) is 47.0 Å². The smallest absolute Gasteiger partial charge is 0.308 e. The lowest BCUT2D eigenvalue weighted by atomic mass is 9.94. The third kappa shape index (κ3) is 4.16. The largest absolute Gasteiger partial charge is 0.417 e. The van der Waals surface area contributed by atoms with Crippen LogP contribution in [0, 0.1) is 34.0 Å². The first-order valence-corrected chi connectivity index (χ1v) is 14.9. The first-order valence-electron chi connectivity index (χ1n) is 14.9. The Labute approximate surface area is 271 Å². The Kier molecular flexibility index (Phi) is 6.34. The number of para-hydroxylation sites is 2. The summed E-state index contributed by atoms with van der Waals surface area (Å²) in [6.45, 7) is 0. The second kappa shape index (κ2) is 10.6. The zero-order valence-electron chi connectivity index (χ0n) is 24.9. The van der Waals surface area contributed by atoms with Gasteiger partial charge in [0.25, 0.3) is 0 Å². The maximum absolute atomic E-state index is 14.6. The SMILES string of the molecule is N#Cc1ccc2c3ccccc3n(-c3ccc(-c4ccccc4C(F)(F)F)c(-n4c5ccccc5c5ccc(C#N)cc54)c3C#N)c2c1. The molecule has 48 heavy (non-hydrogen) atoms. The molecule has 0 aliphatic carbocycles. The van der Waals surface area contributed by atoms with E-state index in [-0.39, 0.29) is 22.4 Å². The van der Waals surface area contributed by atoms with Crippen molar-refractivity contribution in [2.24, 2.45) is 0 Å². The number of alkyl halides is 3. The molecule has 0 radical (unpaired) electrons. The Hall–Kier alpha value is -6.82. The maximum Gasteiger partial charge on any atom is 0.417 e. The summed E-state index contributed by atoms with van der Waals surface area (Å²) in [6.07, 6.45) is -4.67. The molecule has 0 spiro atoms. The van der Waals surface area contributed by atoms with Crippen LogP contribution in [0.1, 0.15) is 22.3 Å². The van der Waals surface area contributed by atoms with Gasteiger partial charge in [0.2, 0.25) is 0 Å². The molecule has 0 unspecified atom stereocenters. The van der Waals surface area contributed by atoms with Gasteiger partial charge in [-0.3, -0.25) is 0 Å². The zero-order chi connectivity index (χ0) is 33.2. The van der Waals surface area contributed by atoms with Gasteiger partial charge in [-0.05, 0) is 54.1 Å². The summed E-state index contributed by atoms with van der Waals surface area (Å²) in [4.78, 5) is 0. The van der Waals surface area contributed by atoms with Crippen LogP contribution in [0.4, 0.5) is 13.2 Å². The van der Waals surface area contributed by atoms with E-state index < -0.39 is 11.7 Å². The van der Waals surface area contributed by atoms with Crippen LogP contribution in [0.2, 0.25) is 0 Å². The molecule has 0 aliphatic heterocycles. The molecule has 0 fully saturated rings. The van der Waals surface area contributed by atoms with E-state index in [2.05, 4.69) is 18.2 Å². The molecule has 226 valence electrons. The molecule has 8 rings (SSSR count). The number of nitriles is 3. The van der Waals surface area contributed by atoms with Crippen LogP contribution in [0.25, 0.3) is 66.1 Å². The third-order valence-electron chi connectivity index (χ3n) is 8.86. The molecule has 2 heterocycles. The van der Waals surface area contributed by atoms with E-state index in [1.807, 2.05) is 65.2 Å². The normalized spacial score (nSPS) is 11.6. The van der Waals surface area contributed by atoms with E-state index >= 15 is 0 Å². The van der Waals surface area contributed by atoms with Crippen molar-refractivity contribution in [2.75, 3.05) is 0 Å². The van der Waals surface area contributed by atoms with E-state index in [9.17, 15) is 29.0 Å². The summed E-state index contributed by atoms with van der Waals surface area (Å²) in [7, 11) is 0. The summed E-state index contributed by atoms with van der Waals surface area (Å²) in [6, 6.07) is 41.1. The number of hydrogen-bond donors (Lipinski definition) is 0. The van der Waals surface area contributed by atoms with Gasteiger partial charge in [-0.15, -0.1) is 0 Å². The Morgan fingerprint density at radius 1 is 0.479 bits per heavy atom. The highest BCUT2D eigenvalue weighted by Gasteiger charge is 2.35. The molecule has 8 heteroatoms. The van der Waals surface area contributed by atoms with Gasteiger partial charge in [0, 0.05) is 27.1 Å². The highest BCUT2D eigenvalue weighted by molar-refractivity contribution is 6.12. The Bertz CT molecular complexity index is 2760. The van der Waals surface area contributed by atoms with Gasteiger partial charge < -0.3 is 9.13 Å². The molecule has 0 N–H and O–H groups in total. The zero-order valence-corrected chi connectivity index (χ0v) is 24.9. The van der Waals surface area contributed by atoms with Crippen molar-refractivity contribution in [2.45, 2.75) is 6.18 Å². The minimum atomic E-state index is -4.67. The van der Waals surface area contributed by atoms with Crippen LogP contribution in [-0.4, -0.2) is 9.13 Å². The minimum absolute atomic E-state index is 0.0839. The average molecular weight is 628 g/mol. The van der Waals surface area contributed by atoms with Crippen molar-refractivity contribution in [3.63, 3.8) is 0 Å². The lowest BCUT2D eigenvalue weighted by molar-refractivity contribution is -0.137. The minimum Gasteiger partial charge on any atom is -0.308 e. The predicted molar refractivity (Wildman–Crippen MR) is 180 cm³/mol. The van der Waals surface area contributed by atoms with E-state index in [0.717, 1.165) is 33.1 Å². The number of nitrogens with zero attached hydrogens (tertiary/aromatic N) is 5. The molecule has 0 amide bonds. The standard InChI is InChI=1S/C40H20F3N5/c41-40(42,43)33-10-4-1-7-26(33)31-17-18-36(47-34-11-5-2-8-27(34)29-15-13-24(21-44)19-37(29)47)32(23-46)39(31)48-35-12-6-3-9-28(35)30-16-14-25(22-45)20-38(30)48/h1-20H. The van der Waals surface area contributed by atoms with Crippen molar-refractivity contribution >= 4 is 43.6 Å². The number of rotatable bonds is 3. The number of fused-ring (bicyclic) bond motifs is 6. The van der Waals surface area contributed by atoms with Crippen molar-refractivity contribution in [1.82, 2.24) is 9.13 Å². The van der Waals surface area contributed by atoms with E-state index in [1.165, 1.54) is 12.1 Å². The molecular formula is C40H20F3N5. The summed E-state index contributed by atoms with van der Waals surface area (Å²) >= 11 is 0. The van der Waals surface area contributed by atoms with Crippen molar-refractivity contribution in [3.8, 4) is 40.7 Å². The molecule has 2 aromatic heterocycles. The molecule has 0 atom stereocenters. The van der Waals surface area contributed by atoms with Crippen LogP contribution < -0.4 is 0 Å². The van der Waals surface area contributed by atoms with Crippen LogP contribution in [0.15, 0.2) is 121 Å². The summed E-state index contributed by atoms with van der Waals surface area (Å²) in [5, 5.41) is 34.0. The predicted octanol–water partition coefficient (Wildman–Crippen LogP) is 10.2. The molecule has 5 nitrogen and oxygen atoms in total. The molecular weight excluding hydrogens is 607 g/mol. The van der Waals surface area contributed by atoms with Crippen molar-refractivity contribution in [3.05, 3.63) is 144 Å². The fraction of sp³-hybridized carbons (Fsp3) is 0.0250. The lowest BCUT2D eigenvalue weighted by Gasteiger charge is -2.21. The van der Waals surface area contributed by atoms with Gasteiger partial charge in [-0.2, -0.15) is 29.0 Å². The van der Waals surface area contributed by atoms with Gasteiger partial charge in [0.15, 0.2) is 0 Å². The van der Waals surface area contributed by atoms with Crippen molar-refractivity contribution < 1.29 is 13.2 Å². The second-order valence-corrected chi connectivity index (χ2v) is 11.4. The first kappa shape index (κ1) is 28.6. The maximum atomic E-state index is 14.6. The summed E-state index contributed by atoms with van der Waals surface area (Å²) in [5.74, 6) is 0. The molecule has 8 aromatic rings. The monoisotopic (exact) mass is 627 g/mol. The van der Waals surface area contributed by atoms with E-state index in [0.29, 0.717) is 33.4 Å². The number of aromatic nitrogens is 2. The highest BCUT2D eigenvalue weighted by Crippen LogP contribution is 2.45. The molecule has 0 saturated heterocycles. The lowest BCUT2D eigenvalue weighted by Crippen LogP contribution is -2.10. The van der Waals surface area contributed by atoms with Crippen LogP contribution in [0.5, 0.6) is 0 Å². The van der Waals surface area contributed by atoms with Gasteiger partial charge >= 0.3 is 6.18 Å². The Morgan fingerprint density at radius 3 is 1.58 bits per heavy atom. The Morgan fingerprint density at radius 2 is 1.00 bits per heavy atom. The molecule has 0 saturated carbocycles. The summed E-state index contributed by atoms with van der Waals surface area (Å²) < 4.78 is 47.4. The fourth-order valence-corrected chi connectivity index (χ4v) is 6.87. The Balaban J connectivity index is 1.60. The second-order valence-electron chi connectivity index (χ2n) is 11.4. The van der Waals surface area contributed by atoms with Gasteiger partial charge in [-0.25, -0.2) is 0 Å². The average Bonchev–Trinajstić information content (AvgIpc) is 3.62. The van der Waals surface area contributed by atoms with Gasteiger partial charge in [0.1, 0.15) is 11.6 Å². The molecule has 0 bridgehead atoms. The van der Waals surface area contributed by atoms with Gasteiger partial charge in [-0.1, -0.05) is 72.8 Å². The van der Waals surface area contributed by atoms with E-state index in [4.69, 9.17) is 0 Å². The van der Waals surface area contributed by atoms with Crippen LogP contribution in [0.3, 0.4) is 0 Å². The van der Waals surface area contributed by atoms with Crippen LogP contribution in [-0.2, 0) is 6.18 Å². The number of hydrogen-bond acceptors (Lipinski definition) is 3. The van der Waals surface area contributed by atoms with Crippen LogP contribution >= 0.6 is 0 Å². The third-order valence-corrected chi connectivity index (χ3v) is 8.86. The number of halogens is 3. The first-order chi connectivity index (χ1) is 23.3. The fourth-order valence-electron chi connectivity index (χ4n) is 6.87. The molecule has 6 aromatic carbocycles.